The molecule has 0 aliphatic rings. The Morgan fingerprint density at radius 1 is 1.38 bits per heavy atom. The number of pyridine rings is 1. The minimum atomic E-state index is 0.320. The minimum absolute atomic E-state index is 0.320. The molecule has 0 spiro atoms. The number of nitrogen functional groups attached to an aromatic ring is 1. The van der Waals surface area contributed by atoms with Crippen molar-refractivity contribution in [3.63, 3.8) is 0 Å². The van der Waals surface area contributed by atoms with Crippen molar-refractivity contribution in [2.45, 2.75) is 6.92 Å². The summed E-state index contributed by atoms with van der Waals surface area (Å²) in [7, 11) is 0. The second-order valence-electron chi connectivity index (χ2n) is 2.65. The van der Waals surface area contributed by atoms with Crippen molar-refractivity contribution in [1.29, 1.82) is 0 Å². The Morgan fingerprint density at radius 2 is 2.23 bits per heavy atom. The van der Waals surface area contributed by atoms with Crippen LogP contribution in [0.25, 0.3) is 10.6 Å². The Labute approximate surface area is 79.6 Å². The first-order valence-corrected chi connectivity index (χ1v) is 4.55. The summed E-state index contributed by atoms with van der Waals surface area (Å²) in [6, 6.07) is 3.90. The molecule has 2 aromatic rings. The van der Waals surface area contributed by atoms with Crippen molar-refractivity contribution >= 4 is 17.5 Å². The molecule has 0 aliphatic carbocycles. The Hall–Kier alpha value is -1.49. The van der Waals surface area contributed by atoms with E-state index in [9.17, 15) is 0 Å². The fourth-order valence-electron chi connectivity index (χ4n) is 0.946. The van der Waals surface area contributed by atoms with Crippen LogP contribution in [0, 0.1) is 6.92 Å². The maximum Gasteiger partial charge on any atom is 0.232 e. The van der Waals surface area contributed by atoms with Crippen LogP contribution in [0.5, 0.6) is 0 Å². The van der Waals surface area contributed by atoms with Gasteiger partial charge in [-0.3, -0.25) is 4.98 Å². The van der Waals surface area contributed by atoms with Crippen LogP contribution >= 0.6 is 11.5 Å². The first kappa shape index (κ1) is 8.12. The van der Waals surface area contributed by atoms with Gasteiger partial charge in [-0.2, -0.15) is 9.36 Å². The fourth-order valence-corrected chi connectivity index (χ4v) is 1.53. The third-order valence-electron chi connectivity index (χ3n) is 1.60. The number of aryl methyl sites for hydroxylation is 1. The number of aromatic nitrogens is 3. The van der Waals surface area contributed by atoms with Gasteiger partial charge in [-0.15, -0.1) is 0 Å². The van der Waals surface area contributed by atoms with Gasteiger partial charge in [-0.25, -0.2) is 0 Å². The van der Waals surface area contributed by atoms with Crippen LogP contribution in [0.4, 0.5) is 5.95 Å². The van der Waals surface area contributed by atoms with Crippen molar-refractivity contribution in [3.8, 4) is 10.6 Å². The lowest BCUT2D eigenvalue weighted by molar-refractivity contribution is 1.20. The van der Waals surface area contributed by atoms with Crippen molar-refractivity contribution in [1.82, 2.24) is 14.3 Å². The van der Waals surface area contributed by atoms with Crippen molar-refractivity contribution in [2.24, 2.45) is 0 Å². The number of nitrogens with two attached hydrogens (primary N) is 1. The molecule has 0 unspecified atom stereocenters. The SMILES string of the molecule is Cc1ccc(-c2nc(N)ns2)cn1. The van der Waals surface area contributed by atoms with Crippen LogP contribution in [-0.4, -0.2) is 14.3 Å². The number of hydrogen-bond acceptors (Lipinski definition) is 5. The summed E-state index contributed by atoms with van der Waals surface area (Å²) < 4.78 is 3.90. The second-order valence-corrected chi connectivity index (χ2v) is 3.40. The van der Waals surface area contributed by atoms with Gasteiger partial charge in [0, 0.05) is 17.5 Å². The maximum atomic E-state index is 5.41. The predicted octanol–water partition coefficient (Wildman–Crippen LogP) is 1.49. The van der Waals surface area contributed by atoms with Crippen LogP contribution < -0.4 is 5.73 Å². The van der Waals surface area contributed by atoms with E-state index in [-0.39, 0.29) is 0 Å². The quantitative estimate of drug-likeness (QED) is 0.743. The zero-order valence-electron chi connectivity index (χ0n) is 7.06. The number of nitrogens with zero attached hydrogens (tertiary/aromatic N) is 3. The average molecular weight is 192 g/mol. The van der Waals surface area contributed by atoms with Crippen molar-refractivity contribution in [3.05, 3.63) is 24.0 Å². The van der Waals surface area contributed by atoms with Gasteiger partial charge in [0.05, 0.1) is 0 Å². The molecule has 13 heavy (non-hydrogen) atoms. The van der Waals surface area contributed by atoms with E-state index in [1.54, 1.807) is 6.20 Å². The lowest BCUT2D eigenvalue weighted by atomic mass is 10.3. The first-order chi connectivity index (χ1) is 6.25. The van der Waals surface area contributed by atoms with Gasteiger partial charge in [0.1, 0.15) is 5.01 Å². The second kappa shape index (κ2) is 3.10. The Balaban J connectivity index is 2.41. The van der Waals surface area contributed by atoms with E-state index in [4.69, 9.17) is 5.73 Å². The van der Waals surface area contributed by atoms with Crippen LogP contribution in [-0.2, 0) is 0 Å². The van der Waals surface area contributed by atoms with Gasteiger partial charge in [0.25, 0.3) is 0 Å². The average Bonchev–Trinajstić information content (AvgIpc) is 2.53. The molecule has 0 saturated carbocycles. The molecule has 0 bridgehead atoms. The highest BCUT2D eigenvalue weighted by Crippen LogP contribution is 2.20. The van der Waals surface area contributed by atoms with E-state index in [0.717, 1.165) is 16.3 Å². The van der Waals surface area contributed by atoms with E-state index < -0.39 is 0 Å². The molecule has 0 atom stereocenters. The van der Waals surface area contributed by atoms with Gasteiger partial charge in [0.15, 0.2) is 0 Å². The third-order valence-corrected chi connectivity index (χ3v) is 2.38. The van der Waals surface area contributed by atoms with Crippen LogP contribution in [0.2, 0.25) is 0 Å². The summed E-state index contributed by atoms with van der Waals surface area (Å²) >= 11 is 1.28. The standard InChI is InChI=1S/C8H8N4S/c1-5-2-3-6(4-10-5)7-11-8(9)12-13-7/h2-4H,1H3,(H2,9,12). The van der Waals surface area contributed by atoms with Crippen LogP contribution in [0.15, 0.2) is 18.3 Å². The third kappa shape index (κ3) is 1.65. The zero-order chi connectivity index (χ0) is 9.26. The highest BCUT2D eigenvalue weighted by atomic mass is 32.1. The first-order valence-electron chi connectivity index (χ1n) is 3.78. The van der Waals surface area contributed by atoms with Crippen LogP contribution in [0.3, 0.4) is 0 Å². The molecule has 0 aromatic carbocycles. The van der Waals surface area contributed by atoms with Gasteiger partial charge in [-0.05, 0) is 30.6 Å². The highest BCUT2D eigenvalue weighted by Gasteiger charge is 2.03. The van der Waals surface area contributed by atoms with Crippen LogP contribution in [0.1, 0.15) is 5.69 Å². The maximum absolute atomic E-state index is 5.41. The van der Waals surface area contributed by atoms with Gasteiger partial charge in [-0.1, -0.05) is 0 Å². The van der Waals surface area contributed by atoms with E-state index in [2.05, 4.69) is 14.3 Å². The monoisotopic (exact) mass is 192 g/mol. The fraction of sp³-hybridized carbons (Fsp3) is 0.125. The molecule has 2 rings (SSSR count). The molecule has 0 amide bonds. The molecular weight excluding hydrogens is 184 g/mol. The molecule has 0 saturated heterocycles. The number of rotatable bonds is 1. The predicted molar refractivity (Wildman–Crippen MR) is 52.3 cm³/mol. The summed E-state index contributed by atoms with van der Waals surface area (Å²) in [6.07, 6.45) is 1.77. The molecule has 0 radical (unpaired) electrons. The topological polar surface area (TPSA) is 64.7 Å². The summed E-state index contributed by atoms with van der Waals surface area (Å²) in [5.41, 5.74) is 7.36. The lowest BCUT2D eigenvalue weighted by Gasteiger charge is -1.94. The Bertz CT molecular complexity index is 406. The zero-order valence-corrected chi connectivity index (χ0v) is 7.88. The largest absolute Gasteiger partial charge is 0.367 e. The van der Waals surface area contributed by atoms with E-state index in [0.29, 0.717) is 5.95 Å². The van der Waals surface area contributed by atoms with E-state index in [1.807, 2.05) is 19.1 Å². The summed E-state index contributed by atoms with van der Waals surface area (Å²) in [5.74, 6) is 0.320. The van der Waals surface area contributed by atoms with Crippen molar-refractivity contribution in [2.75, 3.05) is 5.73 Å². The molecule has 2 heterocycles. The normalized spacial score (nSPS) is 10.2. The summed E-state index contributed by atoms with van der Waals surface area (Å²) in [6.45, 7) is 1.94. The summed E-state index contributed by atoms with van der Waals surface area (Å²) in [5, 5.41) is 0.810. The highest BCUT2D eigenvalue weighted by molar-refractivity contribution is 7.09. The minimum Gasteiger partial charge on any atom is -0.367 e. The van der Waals surface area contributed by atoms with E-state index >= 15 is 0 Å². The van der Waals surface area contributed by atoms with Gasteiger partial charge >= 0.3 is 0 Å². The lowest BCUT2D eigenvalue weighted by Crippen LogP contribution is -1.86. The molecule has 0 fully saturated rings. The molecule has 2 aromatic heterocycles. The molecule has 4 nitrogen and oxygen atoms in total. The number of anilines is 1. The Morgan fingerprint density at radius 3 is 2.77 bits per heavy atom. The number of hydrogen-bond donors (Lipinski definition) is 1. The van der Waals surface area contributed by atoms with Crippen molar-refractivity contribution < 1.29 is 0 Å². The molecule has 5 heteroatoms. The molecule has 66 valence electrons. The Kier molecular flexibility index (Phi) is 1.94. The summed E-state index contributed by atoms with van der Waals surface area (Å²) in [4.78, 5) is 8.22. The van der Waals surface area contributed by atoms with Gasteiger partial charge in [0.2, 0.25) is 5.95 Å². The molecule has 2 N–H and O–H groups in total. The molecular formula is C8H8N4S. The molecule has 0 aliphatic heterocycles. The smallest absolute Gasteiger partial charge is 0.232 e. The van der Waals surface area contributed by atoms with E-state index in [1.165, 1.54) is 11.5 Å². The van der Waals surface area contributed by atoms with Gasteiger partial charge < -0.3 is 5.73 Å².